The minimum absolute atomic E-state index is 0.154. The van der Waals surface area contributed by atoms with Crippen molar-refractivity contribution in [3.8, 4) is 0 Å². The highest BCUT2D eigenvalue weighted by molar-refractivity contribution is 5.76. The molecule has 1 N–H and O–H groups in total. The van der Waals surface area contributed by atoms with Crippen LogP contribution in [-0.2, 0) is 16.2 Å². The number of hydrogen-bond donors (Lipinski definition) is 1. The second-order valence-electron chi connectivity index (χ2n) is 4.64. The fourth-order valence-electron chi connectivity index (χ4n) is 1.55. The highest BCUT2D eigenvalue weighted by Gasteiger charge is 2.19. The molecule has 0 amide bonds. The Labute approximate surface area is 96.8 Å². The van der Waals surface area contributed by atoms with Crippen LogP contribution in [0.2, 0.25) is 0 Å². The van der Waals surface area contributed by atoms with Gasteiger partial charge in [-0.3, -0.25) is 9.63 Å². The molecule has 0 spiro atoms. The third-order valence-electron chi connectivity index (χ3n) is 2.12. The van der Waals surface area contributed by atoms with Crippen molar-refractivity contribution in [1.29, 1.82) is 0 Å². The number of hydroxylamine groups is 1. The Morgan fingerprint density at radius 2 is 1.94 bits per heavy atom. The normalized spacial score (nSPS) is 11.4. The van der Waals surface area contributed by atoms with Gasteiger partial charge in [-0.25, -0.2) is 0 Å². The van der Waals surface area contributed by atoms with Gasteiger partial charge >= 0.3 is 0 Å². The Morgan fingerprint density at radius 3 is 2.50 bits per heavy atom. The van der Waals surface area contributed by atoms with Gasteiger partial charge in [0.1, 0.15) is 5.78 Å². The molecule has 1 rings (SSSR count). The number of carbonyl (C=O) groups excluding carboxylic acids is 1. The number of Topliss-reactive ketones (excluding diaryl/α,β-unsaturated/α-hetero) is 1. The third-order valence-corrected chi connectivity index (χ3v) is 2.12. The first kappa shape index (κ1) is 12.9. The molecule has 1 aromatic carbocycles. The van der Waals surface area contributed by atoms with E-state index in [1.807, 2.05) is 44.2 Å². The largest absolute Gasteiger partial charge is 0.300 e. The number of benzene rings is 1. The molecule has 3 nitrogen and oxygen atoms in total. The predicted octanol–water partition coefficient (Wildman–Crippen LogP) is 2.47. The number of hydrogen-bond acceptors (Lipinski definition) is 3. The molecule has 0 unspecified atom stereocenters. The maximum Gasteiger partial charge on any atom is 0.131 e. The van der Waals surface area contributed by atoms with Gasteiger partial charge in [0.2, 0.25) is 0 Å². The number of nitrogens with one attached hydrogen (secondary N) is 1. The summed E-state index contributed by atoms with van der Waals surface area (Å²) in [4.78, 5) is 16.4. The second-order valence-corrected chi connectivity index (χ2v) is 4.64. The summed E-state index contributed by atoms with van der Waals surface area (Å²) in [7, 11) is 0. The molecular formula is C13H19NO2. The molecule has 0 aliphatic heterocycles. The summed E-state index contributed by atoms with van der Waals surface area (Å²) in [6, 6.07) is 9.91. The first-order chi connectivity index (χ1) is 7.49. The SMILES string of the molecule is CC(=O)CC(C)(C)NOCc1ccccc1. The summed E-state index contributed by atoms with van der Waals surface area (Å²) in [5.41, 5.74) is 3.70. The van der Waals surface area contributed by atoms with Crippen molar-refractivity contribution >= 4 is 5.78 Å². The van der Waals surface area contributed by atoms with Gasteiger partial charge in [0.15, 0.2) is 0 Å². The van der Waals surface area contributed by atoms with Gasteiger partial charge in [-0.2, -0.15) is 5.48 Å². The van der Waals surface area contributed by atoms with Gasteiger partial charge in [0.25, 0.3) is 0 Å². The Balaban J connectivity index is 2.32. The van der Waals surface area contributed by atoms with Gasteiger partial charge in [-0.1, -0.05) is 30.3 Å². The van der Waals surface area contributed by atoms with Crippen LogP contribution in [0.4, 0.5) is 0 Å². The Hall–Kier alpha value is -1.19. The van der Waals surface area contributed by atoms with Crippen LogP contribution in [0.1, 0.15) is 32.8 Å². The second kappa shape index (κ2) is 5.77. The first-order valence-corrected chi connectivity index (χ1v) is 5.42. The fraction of sp³-hybridized carbons (Fsp3) is 0.462. The molecule has 0 saturated carbocycles. The first-order valence-electron chi connectivity index (χ1n) is 5.42. The maximum absolute atomic E-state index is 11.0. The summed E-state index contributed by atoms with van der Waals surface area (Å²) in [5.74, 6) is 0.154. The molecule has 0 saturated heterocycles. The fourth-order valence-corrected chi connectivity index (χ4v) is 1.55. The topological polar surface area (TPSA) is 38.3 Å². The van der Waals surface area contributed by atoms with Crippen molar-refractivity contribution in [2.24, 2.45) is 0 Å². The maximum atomic E-state index is 11.0. The van der Waals surface area contributed by atoms with E-state index in [0.29, 0.717) is 13.0 Å². The molecule has 0 bridgehead atoms. The van der Waals surface area contributed by atoms with E-state index in [1.165, 1.54) is 0 Å². The molecule has 0 aliphatic carbocycles. The highest BCUT2D eigenvalue weighted by atomic mass is 16.6. The van der Waals surface area contributed by atoms with E-state index < -0.39 is 0 Å². The quantitative estimate of drug-likeness (QED) is 0.750. The molecule has 0 aliphatic rings. The average molecular weight is 221 g/mol. The molecule has 0 atom stereocenters. The minimum atomic E-state index is -0.319. The van der Waals surface area contributed by atoms with E-state index in [1.54, 1.807) is 6.92 Å². The lowest BCUT2D eigenvalue weighted by Gasteiger charge is -2.24. The molecule has 1 aromatic rings. The molecule has 3 heteroatoms. The van der Waals surface area contributed by atoms with Crippen LogP contribution in [-0.4, -0.2) is 11.3 Å². The monoisotopic (exact) mass is 221 g/mol. The van der Waals surface area contributed by atoms with Crippen LogP contribution in [0.15, 0.2) is 30.3 Å². The number of carbonyl (C=O) groups is 1. The van der Waals surface area contributed by atoms with Crippen LogP contribution in [0, 0.1) is 0 Å². The van der Waals surface area contributed by atoms with Crippen molar-refractivity contribution in [3.05, 3.63) is 35.9 Å². The zero-order chi connectivity index (χ0) is 12.0. The van der Waals surface area contributed by atoms with Crippen molar-refractivity contribution in [2.75, 3.05) is 0 Å². The molecule has 0 heterocycles. The van der Waals surface area contributed by atoms with Gasteiger partial charge in [0.05, 0.1) is 6.61 Å². The van der Waals surface area contributed by atoms with E-state index in [4.69, 9.17) is 4.84 Å². The Kier molecular flexibility index (Phi) is 4.65. The molecular weight excluding hydrogens is 202 g/mol. The van der Waals surface area contributed by atoms with Crippen LogP contribution < -0.4 is 5.48 Å². The van der Waals surface area contributed by atoms with E-state index in [9.17, 15) is 4.79 Å². The van der Waals surface area contributed by atoms with Gasteiger partial charge in [-0.15, -0.1) is 0 Å². The van der Waals surface area contributed by atoms with Crippen molar-refractivity contribution < 1.29 is 9.63 Å². The van der Waals surface area contributed by atoms with Crippen LogP contribution in [0.5, 0.6) is 0 Å². The molecule has 0 aromatic heterocycles. The predicted molar refractivity (Wildman–Crippen MR) is 63.7 cm³/mol. The zero-order valence-electron chi connectivity index (χ0n) is 10.1. The van der Waals surface area contributed by atoms with Crippen molar-refractivity contribution in [1.82, 2.24) is 5.48 Å². The molecule has 88 valence electrons. The summed E-state index contributed by atoms with van der Waals surface area (Å²) in [6.07, 6.45) is 0.460. The standard InChI is InChI=1S/C13H19NO2/c1-11(15)9-13(2,3)14-16-10-12-7-5-4-6-8-12/h4-8,14H,9-10H2,1-3H3. The smallest absolute Gasteiger partial charge is 0.131 e. The van der Waals surface area contributed by atoms with Crippen LogP contribution in [0.3, 0.4) is 0 Å². The summed E-state index contributed by atoms with van der Waals surface area (Å²) in [6.45, 7) is 5.97. The summed E-state index contributed by atoms with van der Waals surface area (Å²) < 4.78 is 0. The number of ketones is 1. The van der Waals surface area contributed by atoms with E-state index >= 15 is 0 Å². The van der Waals surface area contributed by atoms with Gasteiger partial charge in [-0.05, 0) is 26.3 Å². The van der Waals surface area contributed by atoms with Crippen LogP contribution >= 0.6 is 0 Å². The average Bonchev–Trinajstić information content (AvgIpc) is 2.16. The van der Waals surface area contributed by atoms with Gasteiger partial charge in [0, 0.05) is 12.0 Å². The molecule has 0 radical (unpaired) electrons. The van der Waals surface area contributed by atoms with Crippen LogP contribution in [0.25, 0.3) is 0 Å². The lowest BCUT2D eigenvalue weighted by Crippen LogP contribution is -2.40. The number of rotatable bonds is 6. The van der Waals surface area contributed by atoms with E-state index in [-0.39, 0.29) is 11.3 Å². The lowest BCUT2D eigenvalue weighted by atomic mass is 10.00. The van der Waals surface area contributed by atoms with Gasteiger partial charge < -0.3 is 0 Å². The Morgan fingerprint density at radius 1 is 1.31 bits per heavy atom. The molecule has 16 heavy (non-hydrogen) atoms. The van der Waals surface area contributed by atoms with Crippen molar-refractivity contribution in [2.45, 2.75) is 39.3 Å². The van der Waals surface area contributed by atoms with Crippen molar-refractivity contribution in [3.63, 3.8) is 0 Å². The molecule has 0 fully saturated rings. The summed E-state index contributed by atoms with van der Waals surface area (Å²) in [5, 5.41) is 0. The highest BCUT2D eigenvalue weighted by Crippen LogP contribution is 2.09. The van der Waals surface area contributed by atoms with E-state index in [0.717, 1.165) is 5.56 Å². The third kappa shape index (κ3) is 5.05. The summed E-state index contributed by atoms with van der Waals surface area (Å²) >= 11 is 0. The lowest BCUT2D eigenvalue weighted by molar-refractivity contribution is -0.120. The van der Waals surface area contributed by atoms with E-state index in [2.05, 4.69) is 5.48 Å². The zero-order valence-corrected chi connectivity index (χ0v) is 10.1. The Bertz CT molecular complexity index is 333. The minimum Gasteiger partial charge on any atom is -0.300 e.